The van der Waals surface area contributed by atoms with Crippen LogP contribution in [0.25, 0.3) is 0 Å². The van der Waals surface area contributed by atoms with E-state index in [1.807, 2.05) is 17.0 Å². The van der Waals surface area contributed by atoms with Crippen LogP contribution in [0.4, 0.5) is 10.5 Å². The number of hydrogen-bond acceptors (Lipinski definition) is 4. The van der Waals surface area contributed by atoms with E-state index in [-0.39, 0.29) is 18.9 Å². The molecule has 0 saturated carbocycles. The third-order valence-corrected chi connectivity index (χ3v) is 5.36. The van der Waals surface area contributed by atoms with Gasteiger partial charge in [0, 0.05) is 23.2 Å². The van der Waals surface area contributed by atoms with Gasteiger partial charge in [-0.3, -0.25) is 0 Å². The Hall–Kier alpha value is -2.21. The number of thiophene rings is 1. The van der Waals surface area contributed by atoms with Crippen molar-refractivity contribution >= 4 is 23.1 Å². The number of benzene rings is 1. The fourth-order valence-electron chi connectivity index (χ4n) is 3.25. The van der Waals surface area contributed by atoms with Crippen molar-refractivity contribution in [3.8, 4) is 11.5 Å². The first-order valence-corrected chi connectivity index (χ1v) is 8.67. The maximum absolute atomic E-state index is 12.7. The van der Waals surface area contributed by atoms with E-state index in [2.05, 4.69) is 23.7 Å². The highest BCUT2D eigenvalue weighted by atomic mass is 32.1. The lowest BCUT2D eigenvalue weighted by Gasteiger charge is -2.35. The van der Waals surface area contributed by atoms with Crippen molar-refractivity contribution in [1.82, 2.24) is 4.90 Å². The van der Waals surface area contributed by atoms with Gasteiger partial charge in [-0.2, -0.15) is 0 Å². The van der Waals surface area contributed by atoms with Crippen molar-refractivity contribution in [2.75, 3.05) is 18.7 Å². The van der Waals surface area contributed by atoms with Crippen LogP contribution in [-0.2, 0) is 6.42 Å². The van der Waals surface area contributed by atoms with Crippen LogP contribution in [0.5, 0.6) is 11.5 Å². The Morgan fingerprint density at radius 2 is 2.22 bits per heavy atom. The summed E-state index contributed by atoms with van der Waals surface area (Å²) < 4.78 is 10.7. The van der Waals surface area contributed by atoms with E-state index in [9.17, 15) is 4.79 Å². The van der Waals surface area contributed by atoms with Crippen LogP contribution in [-0.4, -0.2) is 24.3 Å². The number of rotatable bonds is 2. The lowest BCUT2D eigenvalue weighted by molar-refractivity contribution is 0.174. The molecule has 2 aliphatic rings. The topological polar surface area (TPSA) is 50.8 Å². The van der Waals surface area contributed by atoms with E-state index in [4.69, 9.17) is 9.47 Å². The van der Waals surface area contributed by atoms with Crippen LogP contribution in [0.1, 0.15) is 29.8 Å². The van der Waals surface area contributed by atoms with Crippen LogP contribution in [0.15, 0.2) is 29.6 Å². The zero-order valence-electron chi connectivity index (χ0n) is 12.9. The van der Waals surface area contributed by atoms with E-state index in [1.54, 1.807) is 17.4 Å². The molecule has 120 valence electrons. The molecule has 0 saturated heterocycles. The summed E-state index contributed by atoms with van der Waals surface area (Å²) in [5, 5.41) is 5.10. The summed E-state index contributed by atoms with van der Waals surface area (Å²) in [6, 6.07) is 7.70. The van der Waals surface area contributed by atoms with Crippen LogP contribution < -0.4 is 14.8 Å². The second kappa shape index (κ2) is 5.77. The number of hydrogen-bond donors (Lipinski definition) is 1. The molecule has 0 aliphatic carbocycles. The third-order valence-electron chi connectivity index (χ3n) is 4.37. The number of ether oxygens (including phenoxy) is 2. The van der Waals surface area contributed by atoms with Gasteiger partial charge in [0.25, 0.3) is 0 Å². The molecule has 1 aromatic carbocycles. The normalized spacial score (nSPS) is 18.7. The molecule has 2 aromatic rings. The van der Waals surface area contributed by atoms with Gasteiger partial charge in [0.2, 0.25) is 6.79 Å². The van der Waals surface area contributed by atoms with E-state index >= 15 is 0 Å². The van der Waals surface area contributed by atoms with Gasteiger partial charge in [0.1, 0.15) is 0 Å². The van der Waals surface area contributed by atoms with Crippen molar-refractivity contribution in [2.24, 2.45) is 0 Å². The quantitative estimate of drug-likeness (QED) is 0.905. The lowest BCUT2D eigenvalue weighted by atomic mass is 9.98. The average molecular weight is 330 g/mol. The standard InChI is InChI=1S/C17H18N2O3S/c1-2-13-12-6-8-23-16(12)5-7-19(13)17(20)18-11-3-4-14-15(9-11)22-10-21-14/h3-4,6,8-9,13H,2,5,7,10H2,1H3,(H,18,20). The molecule has 0 radical (unpaired) electrons. The summed E-state index contributed by atoms with van der Waals surface area (Å²) in [4.78, 5) is 16.1. The Bertz CT molecular complexity index is 743. The molecule has 0 bridgehead atoms. The molecule has 1 atom stereocenters. The molecule has 23 heavy (non-hydrogen) atoms. The summed E-state index contributed by atoms with van der Waals surface area (Å²) in [6.07, 6.45) is 1.84. The predicted molar refractivity (Wildman–Crippen MR) is 89.3 cm³/mol. The Morgan fingerprint density at radius 3 is 3.09 bits per heavy atom. The molecule has 1 aromatic heterocycles. The average Bonchev–Trinajstić information content (AvgIpc) is 3.21. The maximum atomic E-state index is 12.7. The van der Waals surface area contributed by atoms with E-state index < -0.39 is 0 Å². The number of carbonyl (C=O) groups excluding carboxylic acids is 1. The van der Waals surface area contributed by atoms with Gasteiger partial charge < -0.3 is 19.7 Å². The highest BCUT2D eigenvalue weighted by Gasteiger charge is 2.30. The summed E-state index contributed by atoms with van der Waals surface area (Å²) in [6.45, 7) is 3.11. The minimum Gasteiger partial charge on any atom is -0.454 e. The molecular formula is C17H18N2O3S. The van der Waals surface area contributed by atoms with Gasteiger partial charge in [-0.05, 0) is 42.0 Å². The molecule has 3 heterocycles. The molecule has 4 rings (SSSR count). The number of nitrogens with zero attached hydrogens (tertiary/aromatic N) is 1. The molecule has 1 N–H and O–H groups in total. The number of fused-ring (bicyclic) bond motifs is 2. The number of nitrogens with one attached hydrogen (secondary N) is 1. The van der Waals surface area contributed by atoms with Crippen LogP contribution in [0, 0.1) is 0 Å². The molecule has 5 nitrogen and oxygen atoms in total. The van der Waals surface area contributed by atoms with Gasteiger partial charge in [0.05, 0.1) is 6.04 Å². The summed E-state index contributed by atoms with van der Waals surface area (Å²) >= 11 is 1.79. The largest absolute Gasteiger partial charge is 0.454 e. The van der Waals surface area contributed by atoms with Crippen LogP contribution >= 0.6 is 11.3 Å². The molecule has 6 heteroatoms. The second-order valence-corrected chi connectivity index (χ2v) is 6.67. The zero-order valence-corrected chi connectivity index (χ0v) is 13.7. The van der Waals surface area contributed by atoms with Gasteiger partial charge in [-0.15, -0.1) is 11.3 Å². The van der Waals surface area contributed by atoms with E-state index in [0.29, 0.717) is 5.75 Å². The number of anilines is 1. The molecule has 2 aliphatic heterocycles. The minimum absolute atomic E-state index is 0.0624. The van der Waals surface area contributed by atoms with Crippen molar-refractivity contribution < 1.29 is 14.3 Å². The zero-order chi connectivity index (χ0) is 15.8. The predicted octanol–water partition coefficient (Wildman–Crippen LogP) is 4.02. The first kappa shape index (κ1) is 14.4. The Morgan fingerprint density at radius 1 is 1.35 bits per heavy atom. The van der Waals surface area contributed by atoms with E-state index in [1.165, 1.54) is 10.4 Å². The SMILES string of the molecule is CCC1c2ccsc2CCN1C(=O)Nc1ccc2c(c1)OCO2. The Kier molecular flexibility index (Phi) is 3.61. The molecular weight excluding hydrogens is 312 g/mol. The fraction of sp³-hybridized carbons (Fsp3) is 0.353. The minimum atomic E-state index is -0.0624. The van der Waals surface area contributed by atoms with E-state index in [0.717, 1.165) is 30.8 Å². The second-order valence-electron chi connectivity index (χ2n) is 5.66. The fourth-order valence-corrected chi connectivity index (χ4v) is 4.18. The lowest BCUT2D eigenvalue weighted by Crippen LogP contribution is -2.41. The van der Waals surface area contributed by atoms with Gasteiger partial charge in [0.15, 0.2) is 11.5 Å². The number of carbonyl (C=O) groups is 1. The summed E-state index contributed by atoms with van der Waals surface area (Å²) in [7, 11) is 0. The maximum Gasteiger partial charge on any atom is 0.322 e. The van der Waals surface area contributed by atoms with Crippen molar-refractivity contribution in [3.05, 3.63) is 40.1 Å². The third kappa shape index (κ3) is 2.53. The van der Waals surface area contributed by atoms with Gasteiger partial charge in [-0.1, -0.05) is 6.92 Å². The van der Waals surface area contributed by atoms with Crippen LogP contribution in [0.2, 0.25) is 0 Å². The van der Waals surface area contributed by atoms with Crippen LogP contribution in [0.3, 0.4) is 0 Å². The van der Waals surface area contributed by atoms with Crippen molar-refractivity contribution in [3.63, 3.8) is 0 Å². The molecule has 2 amide bonds. The van der Waals surface area contributed by atoms with Gasteiger partial charge in [-0.25, -0.2) is 4.79 Å². The van der Waals surface area contributed by atoms with Crippen molar-refractivity contribution in [2.45, 2.75) is 25.8 Å². The Balaban J connectivity index is 1.53. The first-order valence-electron chi connectivity index (χ1n) is 7.80. The smallest absolute Gasteiger partial charge is 0.322 e. The number of urea groups is 1. The summed E-state index contributed by atoms with van der Waals surface area (Å²) in [5.41, 5.74) is 2.02. The van der Waals surface area contributed by atoms with Crippen molar-refractivity contribution in [1.29, 1.82) is 0 Å². The highest BCUT2D eigenvalue weighted by Crippen LogP contribution is 2.37. The molecule has 0 fully saturated rings. The highest BCUT2D eigenvalue weighted by molar-refractivity contribution is 7.10. The first-order chi connectivity index (χ1) is 11.3. The van der Waals surface area contributed by atoms with Gasteiger partial charge >= 0.3 is 6.03 Å². The monoisotopic (exact) mass is 330 g/mol. The molecule has 1 unspecified atom stereocenters. The Labute approximate surface area is 138 Å². The summed E-state index contributed by atoms with van der Waals surface area (Å²) in [5.74, 6) is 1.39. The molecule has 0 spiro atoms. The number of amides is 2.